The summed E-state index contributed by atoms with van der Waals surface area (Å²) in [5, 5.41) is 2.20. The number of fused-ring (bicyclic) bond motifs is 2. The molecule has 0 bridgehead atoms. The van der Waals surface area contributed by atoms with E-state index in [0.717, 1.165) is 48.8 Å². The summed E-state index contributed by atoms with van der Waals surface area (Å²) in [5.74, 6) is 0. The van der Waals surface area contributed by atoms with Crippen molar-refractivity contribution in [3.05, 3.63) is 89.7 Å². The van der Waals surface area contributed by atoms with Gasteiger partial charge in [0.15, 0.2) is 0 Å². The number of benzene rings is 2. The monoisotopic (exact) mass is 411 g/mol. The van der Waals surface area contributed by atoms with E-state index in [9.17, 15) is 0 Å². The van der Waals surface area contributed by atoms with Crippen molar-refractivity contribution < 1.29 is 0 Å². The van der Waals surface area contributed by atoms with Crippen LogP contribution in [0.15, 0.2) is 89.7 Å². The molecular formula is C23H14BrN3. The van der Waals surface area contributed by atoms with Crippen LogP contribution in [-0.2, 0) is 0 Å². The number of pyridine rings is 3. The summed E-state index contributed by atoms with van der Waals surface area (Å²) in [5.41, 5.74) is 5.71. The van der Waals surface area contributed by atoms with Gasteiger partial charge in [-0.25, -0.2) is 4.98 Å². The number of rotatable bonds is 2. The Morgan fingerprint density at radius 3 is 1.59 bits per heavy atom. The van der Waals surface area contributed by atoms with Gasteiger partial charge in [0.05, 0.1) is 22.4 Å². The first kappa shape index (κ1) is 16.1. The Morgan fingerprint density at radius 1 is 0.593 bits per heavy atom. The second-order valence-electron chi connectivity index (χ2n) is 6.32. The molecule has 0 aliphatic heterocycles. The largest absolute Gasteiger partial charge is 0.256 e. The van der Waals surface area contributed by atoms with Crippen LogP contribution in [0.3, 0.4) is 0 Å². The molecule has 0 N–H and O–H groups in total. The van der Waals surface area contributed by atoms with Crippen LogP contribution in [0.2, 0.25) is 0 Å². The minimum Gasteiger partial charge on any atom is -0.256 e. The van der Waals surface area contributed by atoms with Gasteiger partial charge < -0.3 is 0 Å². The van der Waals surface area contributed by atoms with Crippen molar-refractivity contribution in [1.29, 1.82) is 0 Å². The first-order chi connectivity index (χ1) is 13.3. The van der Waals surface area contributed by atoms with E-state index in [2.05, 4.69) is 62.3 Å². The number of hydrogen-bond acceptors (Lipinski definition) is 3. The van der Waals surface area contributed by atoms with Crippen LogP contribution in [0.4, 0.5) is 0 Å². The van der Waals surface area contributed by atoms with Gasteiger partial charge in [-0.05, 0) is 24.3 Å². The van der Waals surface area contributed by atoms with Gasteiger partial charge in [0, 0.05) is 38.8 Å². The summed E-state index contributed by atoms with van der Waals surface area (Å²) < 4.78 is 0.975. The molecule has 128 valence electrons. The maximum atomic E-state index is 4.96. The van der Waals surface area contributed by atoms with Gasteiger partial charge in [0.1, 0.15) is 0 Å². The molecule has 0 fully saturated rings. The predicted molar refractivity (Wildman–Crippen MR) is 113 cm³/mol. The van der Waals surface area contributed by atoms with E-state index >= 15 is 0 Å². The maximum Gasteiger partial charge on any atom is 0.0795 e. The lowest BCUT2D eigenvalue weighted by Crippen LogP contribution is -1.92. The zero-order valence-corrected chi connectivity index (χ0v) is 15.9. The van der Waals surface area contributed by atoms with Gasteiger partial charge in [-0.1, -0.05) is 64.5 Å². The molecule has 0 unspecified atom stereocenters. The second-order valence-corrected chi connectivity index (χ2v) is 7.23. The Bertz CT molecular complexity index is 1190. The summed E-state index contributed by atoms with van der Waals surface area (Å²) >= 11 is 3.65. The van der Waals surface area contributed by atoms with E-state index in [1.165, 1.54) is 0 Å². The molecule has 0 saturated heterocycles. The smallest absolute Gasteiger partial charge is 0.0795 e. The van der Waals surface area contributed by atoms with Crippen LogP contribution in [0.1, 0.15) is 0 Å². The minimum atomic E-state index is 0.886. The van der Waals surface area contributed by atoms with E-state index in [1.54, 1.807) is 0 Å². The van der Waals surface area contributed by atoms with E-state index < -0.39 is 0 Å². The molecular weight excluding hydrogens is 398 g/mol. The number of hydrogen-bond donors (Lipinski definition) is 0. The molecule has 0 aliphatic rings. The van der Waals surface area contributed by atoms with E-state index in [4.69, 9.17) is 4.98 Å². The number of para-hydroxylation sites is 2. The molecule has 0 saturated carbocycles. The topological polar surface area (TPSA) is 38.7 Å². The van der Waals surface area contributed by atoms with Gasteiger partial charge in [-0.2, -0.15) is 0 Å². The molecule has 0 amide bonds. The first-order valence-electron chi connectivity index (χ1n) is 8.65. The van der Waals surface area contributed by atoms with Crippen molar-refractivity contribution in [2.75, 3.05) is 0 Å². The Hall–Kier alpha value is -3.11. The molecule has 4 heteroatoms. The van der Waals surface area contributed by atoms with Crippen LogP contribution in [-0.4, -0.2) is 15.0 Å². The molecule has 3 nitrogen and oxygen atoms in total. The second kappa shape index (κ2) is 6.56. The summed E-state index contributed by atoms with van der Waals surface area (Å²) in [6, 6.07) is 24.5. The summed E-state index contributed by atoms with van der Waals surface area (Å²) in [7, 11) is 0. The van der Waals surface area contributed by atoms with Crippen molar-refractivity contribution in [2.45, 2.75) is 0 Å². The van der Waals surface area contributed by atoms with E-state index in [1.807, 2.05) is 48.8 Å². The fourth-order valence-electron chi connectivity index (χ4n) is 3.39. The Labute approximate surface area is 164 Å². The third kappa shape index (κ3) is 2.88. The molecule has 5 aromatic rings. The van der Waals surface area contributed by atoms with Crippen LogP contribution < -0.4 is 0 Å². The number of halogens is 1. The third-order valence-electron chi connectivity index (χ3n) is 4.61. The maximum absolute atomic E-state index is 4.96. The zero-order chi connectivity index (χ0) is 18.2. The van der Waals surface area contributed by atoms with E-state index in [0.29, 0.717) is 0 Å². The lowest BCUT2D eigenvalue weighted by molar-refractivity contribution is 1.30. The molecule has 5 rings (SSSR count). The predicted octanol–water partition coefficient (Wildman–Crippen LogP) is 6.27. The van der Waals surface area contributed by atoms with Crippen LogP contribution >= 0.6 is 15.9 Å². The molecule has 0 aliphatic carbocycles. The lowest BCUT2D eigenvalue weighted by atomic mass is 10.0. The molecule has 0 atom stereocenters. The molecule has 2 aromatic carbocycles. The quantitative estimate of drug-likeness (QED) is 0.343. The highest BCUT2D eigenvalue weighted by atomic mass is 79.9. The summed E-state index contributed by atoms with van der Waals surface area (Å²) in [4.78, 5) is 14.1. The highest BCUT2D eigenvalue weighted by molar-refractivity contribution is 9.10. The van der Waals surface area contributed by atoms with Crippen molar-refractivity contribution in [1.82, 2.24) is 15.0 Å². The first-order valence-corrected chi connectivity index (χ1v) is 9.45. The number of aromatic nitrogens is 3. The van der Waals surface area contributed by atoms with Crippen molar-refractivity contribution in [3.8, 4) is 22.5 Å². The lowest BCUT2D eigenvalue weighted by Gasteiger charge is -2.10. The molecule has 0 radical (unpaired) electrons. The fourth-order valence-corrected chi connectivity index (χ4v) is 3.83. The van der Waals surface area contributed by atoms with Gasteiger partial charge in [-0.15, -0.1) is 0 Å². The third-order valence-corrected chi connectivity index (χ3v) is 5.07. The van der Waals surface area contributed by atoms with Crippen LogP contribution in [0, 0.1) is 0 Å². The minimum absolute atomic E-state index is 0.886. The van der Waals surface area contributed by atoms with Gasteiger partial charge >= 0.3 is 0 Å². The average molecular weight is 412 g/mol. The van der Waals surface area contributed by atoms with Crippen molar-refractivity contribution in [3.63, 3.8) is 0 Å². The highest BCUT2D eigenvalue weighted by Gasteiger charge is 2.12. The van der Waals surface area contributed by atoms with Gasteiger partial charge in [-0.3, -0.25) is 9.97 Å². The Balaban J connectivity index is 1.76. The molecule has 0 spiro atoms. The zero-order valence-electron chi connectivity index (χ0n) is 14.3. The standard InChI is InChI=1S/C23H14BrN3/c24-17-13-20(18-9-1-5-15-7-3-11-25-22(15)18)27-21(14-17)19-10-2-6-16-8-4-12-26-23(16)19/h1-14H. The van der Waals surface area contributed by atoms with Gasteiger partial charge in [0.2, 0.25) is 0 Å². The van der Waals surface area contributed by atoms with E-state index in [-0.39, 0.29) is 0 Å². The summed E-state index contributed by atoms with van der Waals surface area (Å²) in [6.07, 6.45) is 3.64. The van der Waals surface area contributed by atoms with Crippen molar-refractivity contribution in [2.24, 2.45) is 0 Å². The average Bonchev–Trinajstić information content (AvgIpc) is 2.72. The summed E-state index contributed by atoms with van der Waals surface area (Å²) in [6.45, 7) is 0. The Morgan fingerprint density at radius 2 is 1.07 bits per heavy atom. The van der Waals surface area contributed by atoms with Crippen LogP contribution in [0.5, 0.6) is 0 Å². The highest BCUT2D eigenvalue weighted by Crippen LogP contribution is 2.32. The fraction of sp³-hybridized carbons (Fsp3) is 0. The van der Waals surface area contributed by atoms with Crippen LogP contribution in [0.25, 0.3) is 44.3 Å². The molecule has 3 heterocycles. The Kier molecular flexibility index (Phi) is 3.91. The normalized spacial score (nSPS) is 11.1. The molecule has 27 heavy (non-hydrogen) atoms. The van der Waals surface area contributed by atoms with Crippen molar-refractivity contribution >= 4 is 37.7 Å². The number of nitrogens with zero attached hydrogens (tertiary/aromatic N) is 3. The van der Waals surface area contributed by atoms with Gasteiger partial charge in [0.25, 0.3) is 0 Å². The molecule has 3 aromatic heterocycles. The SMILES string of the molecule is Brc1cc(-c2cccc3cccnc23)nc(-c2cccc3cccnc23)c1.